The van der Waals surface area contributed by atoms with Crippen molar-refractivity contribution in [3.8, 4) is 0 Å². The highest BCUT2D eigenvalue weighted by atomic mass is 35.5. The van der Waals surface area contributed by atoms with Gasteiger partial charge in [0.15, 0.2) is 0 Å². The number of Topliss-reactive ketones (excluding diaryl/α,β-unsaturated/α-hetero) is 1. The van der Waals surface area contributed by atoms with Crippen LogP contribution in [-0.2, 0) is 14.3 Å². The van der Waals surface area contributed by atoms with E-state index in [2.05, 4.69) is 0 Å². The topological polar surface area (TPSA) is 66.8 Å². The number of likely N-dealkylation sites (tertiary alicyclic amines) is 1. The monoisotopic (exact) mass is 415 g/mol. The number of halogens is 2. The van der Waals surface area contributed by atoms with E-state index in [1.165, 1.54) is 29.2 Å². The highest BCUT2D eigenvalue weighted by Crippen LogP contribution is 2.40. The number of ketones is 1. The molecule has 0 bridgehead atoms. The van der Waals surface area contributed by atoms with Crippen LogP contribution in [0.4, 0.5) is 4.39 Å². The number of benzene rings is 2. The lowest BCUT2D eigenvalue weighted by Gasteiger charge is -2.27. The van der Waals surface area contributed by atoms with E-state index in [-0.39, 0.29) is 24.0 Å². The summed E-state index contributed by atoms with van der Waals surface area (Å²) in [5.74, 6) is -2.19. The van der Waals surface area contributed by atoms with Gasteiger partial charge in [-0.3, -0.25) is 9.59 Å². The minimum Gasteiger partial charge on any atom is -0.507 e. The Hall–Kier alpha value is -2.70. The number of hydrogen-bond donors (Lipinski definition) is 1. The molecule has 29 heavy (non-hydrogen) atoms. The van der Waals surface area contributed by atoms with Crippen molar-refractivity contribution in [3.63, 3.8) is 0 Å². The van der Waals surface area contributed by atoms with Crippen molar-refractivity contribution in [1.82, 2.24) is 4.90 Å². The van der Waals surface area contributed by atoms with Crippen LogP contribution in [0.5, 0.6) is 0 Å². The van der Waals surface area contributed by atoms with Crippen LogP contribution in [0.15, 0.2) is 54.1 Å². The molecule has 2 fully saturated rings. The predicted molar refractivity (Wildman–Crippen MR) is 106 cm³/mol. The first kappa shape index (κ1) is 19.6. The van der Waals surface area contributed by atoms with E-state index in [1.54, 1.807) is 24.3 Å². The van der Waals surface area contributed by atoms with Gasteiger partial charge in [-0.25, -0.2) is 4.39 Å². The first-order valence-electron chi connectivity index (χ1n) is 9.37. The third-order valence-corrected chi connectivity index (χ3v) is 5.52. The van der Waals surface area contributed by atoms with Gasteiger partial charge in [0, 0.05) is 23.7 Å². The van der Waals surface area contributed by atoms with Gasteiger partial charge in [-0.1, -0.05) is 23.7 Å². The number of carbonyl (C=O) groups is 2. The molecule has 2 atom stereocenters. The van der Waals surface area contributed by atoms with Gasteiger partial charge in [0.05, 0.1) is 17.7 Å². The maximum absolute atomic E-state index is 13.5. The van der Waals surface area contributed by atoms with E-state index >= 15 is 0 Å². The number of ether oxygens (including phenoxy) is 1. The van der Waals surface area contributed by atoms with Crippen LogP contribution in [0, 0.1) is 5.82 Å². The van der Waals surface area contributed by atoms with Gasteiger partial charge in [0.25, 0.3) is 11.7 Å². The fraction of sp³-hybridized carbons (Fsp3) is 0.273. The van der Waals surface area contributed by atoms with Gasteiger partial charge in [-0.2, -0.15) is 0 Å². The molecule has 0 radical (unpaired) electrons. The molecule has 4 rings (SSSR count). The summed E-state index contributed by atoms with van der Waals surface area (Å²) in [5.41, 5.74) is 0.887. The molecule has 2 aliphatic rings. The Kier molecular flexibility index (Phi) is 5.39. The number of carbonyl (C=O) groups excluding carboxylic acids is 2. The first-order chi connectivity index (χ1) is 14.0. The van der Waals surface area contributed by atoms with Gasteiger partial charge in [-0.05, 0) is 54.8 Å². The van der Waals surface area contributed by atoms with E-state index in [4.69, 9.17) is 16.3 Å². The summed E-state index contributed by atoms with van der Waals surface area (Å²) in [6.07, 6.45) is 1.50. The molecule has 150 valence electrons. The second-order valence-electron chi connectivity index (χ2n) is 7.14. The second kappa shape index (κ2) is 7.97. The van der Waals surface area contributed by atoms with Crippen molar-refractivity contribution in [2.24, 2.45) is 0 Å². The summed E-state index contributed by atoms with van der Waals surface area (Å²) in [6, 6.07) is 11.1. The quantitative estimate of drug-likeness (QED) is 0.464. The van der Waals surface area contributed by atoms with Gasteiger partial charge in [0.1, 0.15) is 11.6 Å². The van der Waals surface area contributed by atoms with Crippen LogP contribution in [0.3, 0.4) is 0 Å². The lowest BCUT2D eigenvalue weighted by molar-refractivity contribution is -0.140. The SMILES string of the molecule is O=C1C(=O)N(C[C@H]2CCCO2)[C@H](c2ccc(F)cc2)/C1=C(\O)c1ccc(Cl)cc1. The van der Waals surface area contributed by atoms with Crippen LogP contribution in [-0.4, -0.2) is 41.0 Å². The van der Waals surface area contributed by atoms with Crippen molar-refractivity contribution in [2.45, 2.75) is 25.0 Å². The van der Waals surface area contributed by atoms with Gasteiger partial charge >= 0.3 is 0 Å². The van der Waals surface area contributed by atoms with E-state index in [1.807, 2.05) is 0 Å². The van der Waals surface area contributed by atoms with Crippen LogP contribution in [0.25, 0.3) is 5.76 Å². The van der Waals surface area contributed by atoms with Crippen molar-refractivity contribution in [3.05, 3.63) is 76.1 Å². The van der Waals surface area contributed by atoms with Crippen LogP contribution >= 0.6 is 11.6 Å². The largest absolute Gasteiger partial charge is 0.507 e. The number of aliphatic hydroxyl groups is 1. The molecule has 0 unspecified atom stereocenters. The highest BCUT2D eigenvalue weighted by Gasteiger charge is 2.47. The molecule has 7 heteroatoms. The smallest absolute Gasteiger partial charge is 0.295 e. The summed E-state index contributed by atoms with van der Waals surface area (Å²) in [5, 5.41) is 11.4. The summed E-state index contributed by atoms with van der Waals surface area (Å²) < 4.78 is 19.1. The maximum Gasteiger partial charge on any atom is 0.295 e. The Morgan fingerprint density at radius 3 is 2.45 bits per heavy atom. The lowest BCUT2D eigenvalue weighted by atomic mass is 9.95. The number of aliphatic hydroxyl groups excluding tert-OH is 1. The van der Waals surface area contributed by atoms with Gasteiger partial charge < -0.3 is 14.7 Å². The normalized spacial score (nSPS) is 23.7. The van der Waals surface area contributed by atoms with Crippen LogP contribution < -0.4 is 0 Å². The predicted octanol–water partition coefficient (Wildman–Crippen LogP) is 4.08. The molecule has 1 amide bonds. The minimum atomic E-state index is -0.824. The first-order valence-corrected chi connectivity index (χ1v) is 9.75. The molecule has 1 N–H and O–H groups in total. The number of rotatable bonds is 4. The molecule has 0 aliphatic carbocycles. The number of amides is 1. The van der Waals surface area contributed by atoms with E-state index in [9.17, 15) is 19.1 Å². The molecular weight excluding hydrogens is 397 g/mol. The Bertz CT molecular complexity index is 965. The summed E-state index contributed by atoms with van der Waals surface area (Å²) >= 11 is 5.91. The number of nitrogens with zero attached hydrogens (tertiary/aromatic N) is 1. The van der Waals surface area contributed by atoms with Crippen molar-refractivity contribution < 1.29 is 23.8 Å². The summed E-state index contributed by atoms with van der Waals surface area (Å²) in [6.45, 7) is 0.838. The summed E-state index contributed by atoms with van der Waals surface area (Å²) in [7, 11) is 0. The van der Waals surface area contributed by atoms with Crippen LogP contribution in [0.1, 0.15) is 30.0 Å². The Balaban J connectivity index is 1.81. The minimum absolute atomic E-state index is 0.0260. The molecule has 0 aromatic heterocycles. The molecule has 5 nitrogen and oxygen atoms in total. The molecule has 2 aromatic rings. The Morgan fingerprint density at radius 1 is 1.14 bits per heavy atom. The fourth-order valence-electron chi connectivity index (χ4n) is 3.83. The third-order valence-electron chi connectivity index (χ3n) is 5.27. The van der Waals surface area contributed by atoms with E-state index < -0.39 is 23.5 Å². The lowest BCUT2D eigenvalue weighted by Crippen LogP contribution is -2.36. The Labute approximate surface area is 172 Å². The van der Waals surface area contributed by atoms with Crippen molar-refractivity contribution >= 4 is 29.1 Å². The molecule has 2 saturated heterocycles. The molecule has 2 aromatic carbocycles. The van der Waals surface area contributed by atoms with E-state index in [0.717, 1.165) is 12.8 Å². The van der Waals surface area contributed by atoms with E-state index in [0.29, 0.717) is 22.8 Å². The zero-order valence-corrected chi connectivity index (χ0v) is 16.2. The zero-order chi connectivity index (χ0) is 20.5. The average molecular weight is 416 g/mol. The standard InChI is InChI=1S/C22H19ClFNO4/c23-15-7-3-14(4-8-15)20(26)18-19(13-5-9-16(24)10-6-13)25(22(28)21(18)27)12-17-2-1-11-29-17/h3-10,17,19,26H,1-2,11-12H2/b20-18+/t17-,19-/m1/s1. The van der Waals surface area contributed by atoms with Gasteiger partial charge in [0.2, 0.25) is 0 Å². The van der Waals surface area contributed by atoms with Crippen LogP contribution in [0.2, 0.25) is 5.02 Å². The fourth-order valence-corrected chi connectivity index (χ4v) is 3.96. The molecule has 2 heterocycles. The summed E-state index contributed by atoms with van der Waals surface area (Å²) in [4.78, 5) is 27.1. The number of hydrogen-bond acceptors (Lipinski definition) is 4. The maximum atomic E-state index is 13.5. The zero-order valence-electron chi connectivity index (χ0n) is 15.5. The second-order valence-corrected chi connectivity index (χ2v) is 7.58. The molecule has 0 spiro atoms. The molecule has 0 saturated carbocycles. The third kappa shape index (κ3) is 3.78. The van der Waals surface area contributed by atoms with Crippen molar-refractivity contribution in [2.75, 3.05) is 13.2 Å². The Morgan fingerprint density at radius 2 is 1.83 bits per heavy atom. The molecular formula is C22H19ClFNO4. The highest BCUT2D eigenvalue weighted by molar-refractivity contribution is 6.46. The molecule has 2 aliphatic heterocycles. The van der Waals surface area contributed by atoms with Gasteiger partial charge in [-0.15, -0.1) is 0 Å². The van der Waals surface area contributed by atoms with Crippen molar-refractivity contribution in [1.29, 1.82) is 0 Å². The average Bonchev–Trinajstić information content (AvgIpc) is 3.31.